The van der Waals surface area contributed by atoms with Gasteiger partial charge in [-0.1, -0.05) is 153 Å². The Kier molecular flexibility index (Phi) is 6.22. The number of hydrogen-bond acceptors (Lipinski definition) is 3. The largest absolute Gasteiger partial charge is 0.455 e. The molecule has 0 fully saturated rings. The number of para-hydroxylation sites is 2. The monoisotopic (exact) mass is 640 g/mol. The summed E-state index contributed by atoms with van der Waals surface area (Å²) >= 11 is 0. The van der Waals surface area contributed by atoms with Crippen LogP contribution in [-0.4, -0.2) is 9.97 Å². The molecule has 7 aromatic carbocycles. The van der Waals surface area contributed by atoms with Crippen LogP contribution >= 0.6 is 0 Å². The van der Waals surface area contributed by atoms with Gasteiger partial charge in [0, 0.05) is 32.9 Å². The predicted molar refractivity (Wildman–Crippen MR) is 206 cm³/mol. The Hall–Kier alpha value is -6.32. The molecular formula is C47H32N2O. The van der Waals surface area contributed by atoms with Gasteiger partial charge >= 0.3 is 0 Å². The number of hydrogen-bond donors (Lipinski definition) is 0. The van der Waals surface area contributed by atoms with E-state index < -0.39 is 0 Å². The summed E-state index contributed by atoms with van der Waals surface area (Å²) in [6, 6.07) is 55.8. The maximum absolute atomic E-state index is 6.56. The highest BCUT2D eigenvalue weighted by atomic mass is 16.3. The van der Waals surface area contributed by atoms with Crippen LogP contribution in [0.5, 0.6) is 0 Å². The van der Waals surface area contributed by atoms with Gasteiger partial charge in [-0.3, -0.25) is 0 Å². The van der Waals surface area contributed by atoms with Gasteiger partial charge in [-0.2, -0.15) is 0 Å². The van der Waals surface area contributed by atoms with Crippen molar-refractivity contribution in [1.29, 1.82) is 0 Å². The highest BCUT2D eigenvalue weighted by Crippen LogP contribution is 2.52. The highest BCUT2D eigenvalue weighted by Gasteiger charge is 2.38. The molecule has 10 rings (SSSR count). The second-order valence-electron chi connectivity index (χ2n) is 13.7. The van der Waals surface area contributed by atoms with Crippen LogP contribution in [0.4, 0.5) is 0 Å². The summed E-state index contributed by atoms with van der Waals surface area (Å²) in [6.07, 6.45) is 0. The standard InChI is InChI=1S/C47H32N2O/c1-47(2)40-26-9-7-18-33(40)36-22-12-25-39(44(36)47)46-48-41(34-19-6-5-17-32(34)31-21-11-15-29-14-3-4-16-30(29)31)28-42(49-46)38-24-13-23-37-35-20-8-10-27-43(35)50-45(37)38/h3-28H,1-2H3. The number of aromatic nitrogens is 2. The predicted octanol–water partition coefficient (Wildman–Crippen LogP) is 12.5. The lowest BCUT2D eigenvalue weighted by Gasteiger charge is -2.24. The van der Waals surface area contributed by atoms with E-state index in [-0.39, 0.29) is 5.41 Å². The van der Waals surface area contributed by atoms with Gasteiger partial charge in [-0.25, -0.2) is 9.97 Å². The summed E-state index contributed by atoms with van der Waals surface area (Å²) in [6.45, 7) is 4.63. The van der Waals surface area contributed by atoms with Gasteiger partial charge in [0.1, 0.15) is 11.2 Å². The average Bonchev–Trinajstić information content (AvgIpc) is 3.67. The molecule has 0 atom stereocenters. The minimum Gasteiger partial charge on any atom is -0.455 e. The molecule has 3 heteroatoms. The van der Waals surface area contributed by atoms with Gasteiger partial charge in [-0.05, 0) is 62.4 Å². The lowest BCUT2D eigenvalue weighted by atomic mass is 9.80. The van der Waals surface area contributed by atoms with Crippen LogP contribution in [0.3, 0.4) is 0 Å². The van der Waals surface area contributed by atoms with Crippen molar-refractivity contribution in [2.45, 2.75) is 19.3 Å². The molecule has 3 nitrogen and oxygen atoms in total. The van der Waals surface area contributed by atoms with Crippen molar-refractivity contribution in [3.63, 3.8) is 0 Å². The quantitative estimate of drug-likeness (QED) is 0.192. The fourth-order valence-corrected chi connectivity index (χ4v) is 8.23. The van der Waals surface area contributed by atoms with E-state index in [0.29, 0.717) is 5.82 Å². The van der Waals surface area contributed by atoms with Crippen LogP contribution in [0, 0.1) is 0 Å². The van der Waals surface area contributed by atoms with Gasteiger partial charge in [0.05, 0.1) is 11.4 Å². The summed E-state index contributed by atoms with van der Waals surface area (Å²) in [4.78, 5) is 10.9. The van der Waals surface area contributed by atoms with E-state index in [0.717, 1.165) is 55.6 Å². The summed E-state index contributed by atoms with van der Waals surface area (Å²) < 4.78 is 6.56. The van der Waals surface area contributed by atoms with E-state index in [9.17, 15) is 0 Å². The third kappa shape index (κ3) is 4.23. The van der Waals surface area contributed by atoms with Crippen LogP contribution < -0.4 is 0 Å². The van der Waals surface area contributed by atoms with E-state index in [1.165, 1.54) is 38.6 Å². The molecule has 0 saturated heterocycles. The first-order valence-electron chi connectivity index (χ1n) is 17.2. The Morgan fingerprint density at radius 1 is 0.440 bits per heavy atom. The molecule has 1 aliphatic carbocycles. The lowest BCUT2D eigenvalue weighted by Crippen LogP contribution is -2.16. The van der Waals surface area contributed by atoms with Gasteiger partial charge in [-0.15, -0.1) is 0 Å². The maximum Gasteiger partial charge on any atom is 0.160 e. The lowest BCUT2D eigenvalue weighted by molar-refractivity contribution is 0.661. The molecule has 0 amide bonds. The second kappa shape index (κ2) is 10.8. The molecule has 0 aliphatic heterocycles. The van der Waals surface area contributed by atoms with E-state index in [2.05, 4.69) is 159 Å². The third-order valence-corrected chi connectivity index (χ3v) is 10.5. The van der Waals surface area contributed by atoms with Gasteiger partial charge < -0.3 is 4.42 Å². The average molecular weight is 641 g/mol. The molecule has 0 radical (unpaired) electrons. The molecule has 0 bridgehead atoms. The van der Waals surface area contributed by atoms with Gasteiger partial charge in [0.2, 0.25) is 0 Å². The first-order valence-corrected chi connectivity index (χ1v) is 17.2. The zero-order valence-corrected chi connectivity index (χ0v) is 27.8. The fraction of sp³-hybridized carbons (Fsp3) is 0.0638. The molecule has 9 aromatic rings. The maximum atomic E-state index is 6.56. The van der Waals surface area contributed by atoms with Crippen LogP contribution in [0.1, 0.15) is 25.0 Å². The van der Waals surface area contributed by atoms with Crippen molar-refractivity contribution in [2.24, 2.45) is 0 Å². The molecule has 236 valence electrons. The number of nitrogens with zero attached hydrogens (tertiary/aromatic N) is 2. The van der Waals surface area contributed by atoms with E-state index >= 15 is 0 Å². The normalized spacial score (nSPS) is 13.2. The van der Waals surface area contributed by atoms with Gasteiger partial charge in [0.25, 0.3) is 0 Å². The summed E-state index contributed by atoms with van der Waals surface area (Å²) in [5, 5.41) is 4.60. The first-order chi connectivity index (χ1) is 24.6. The first kappa shape index (κ1) is 28.7. The van der Waals surface area contributed by atoms with Crippen molar-refractivity contribution >= 4 is 32.7 Å². The zero-order chi connectivity index (χ0) is 33.4. The van der Waals surface area contributed by atoms with Crippen LogP contribution in [0.25, 0.3) is 88.9 Å². The second-order valence-corrected chi connectivity index (χ2v) is 13.7. The number of benzene rings is 7. The molecule has 2 heterocycles. The van der Waals surface area contributed by atoms with Crippen molar-refractivity contribution < 1.29 is 4.42 Å². The van der Waals surface area contributed by atoms with E-state index in [4.69, 9.17) is 14.4 Å². The SMILES string of the molecule is CC1(C)c2ccccc2-c2cccc(-c3nc(-c4ccccc4-c4cccc5ccccc45)cc(-c4cccc5c4oc4ccccc45)n3)c21. The topological polar surface area (TPSA) is 38.9 Å². The molecule has 0 spiro atoms. The molecular weight excluding hydrogens is 609 g/mol. The van der Waals surface area contributed by atoms with Crippen LogP contribution in [-0.2, 0) is 5.41 Å². The van der Waals surface area contributed by atoms with Crippen molar-refractivity contribution in [3.8, 4) is 56.2 Å². The Morgan fingerprint density at radius 2 is 1.00 bits per heavy atom. The highest BCUT2D eigenvalue weighted by molar-refractivity contribution is 6.09. The summed E-state index contributed by atoms with van der Waals surface area (Å²) in [7, 11) is 0. The molecule has 0 N–H and O–H groups in total. The zero-order valence-electron chi connectivity index (χ0n) is 27.8. The summed E-state index contributed by atoms with van der Waals surface area (Å²) in [5.41, 5.74) is 13.6. The smallest absolute Gasteiger partial charge is 0.160 e. The number of furan rings is 1. The molecule has 50 heavy (non-hydrogen) atoms. The molecule has 0 saturated carbocycles. The Balaban J connectivity index is 1.27. The van der Waals surface area contributed by atoms with Crippen LogP contribution in [0.15, 0.2) is 162 Å². The molecule has 1 aliphatic rings. The Morgan fingerprint density at radius 3 is 1.88 bits per heavy atom. The van der Waals surface area contributed by atoms with Crippen LogP contribution in [0.2, 0.25) is 0 Å². The number of rotatable bonds is 4. The van der Waals surface area contributed by atoms with E-state index in [1.807, 2.05) is 12.1 Å². The summed E-state index contributed by atoms with van der Waals surface area (Å²) in [5.74, 6) is 0.705. The van der Waals surface area contributed by atoms with Crippen molar-refractivity contribution in [3.05, 3.63) is 169 Å². The minimum atomic E-state index is -0.221. The minimum absolute atomic E-state index is 0.221. The van der Waals surface area contributed by atoms with E-state index in [1.54, 1.807) is 0 Å². The Bertz CT molecular complexity index is 2800. The molecule has 2 aromatic heterocycles. The van der Waals surface area contributed by atoms with Crippen molar-refractivity contribution in [2.75, 3.05) is 0 Å². The molecule has 0 unspecified atom stereocenters. The third-order valence-electron chi connectivity index (χ3n) is 10.5. The Labute approximate surface area is 290 Å². The number of fused-ring (bicyclic) bond motifs is 7. The fourth-order valence-electron chi connectivity index (χ4n) is 8.23. The van der Waals surface area contributed by atoms with Gasteiger partial charge in [0.15, 0.2) is 5.82 Å². The van der Waals surface area contributed by atoms with Crippen molar-refractivity contribution in [1.82, 2.24) is 9.97 Å².